The molecule has 1 aromatic rings. The van der Waals surface area contributed by atoms with Gasteiger partial charge in [-0.1, -0.05) is 42.6 Å². The molecule has 0 spiro atoms. The molecule has 88 valence electrons. The molecule has 0 bridgehead atoms. The van der Waals surface area contributed by atoms with Crippen LogP contribution in [-0.4, -0.2) is 6.54 Å². The lowest BCUT2D eigenvalue weighted by Crippen LogP contribution is -2.36. The molecule has 0 radical (unpaired) electrons. The fourth-order valence-electron chi connectivity index (χ4n) is 2.12. The second kappa shape index (κ2) is 4.95. The van der Waals surface area contributed by atoms with Gasteiger partial charge in [-0.2, -0.15) is 0 Å². The Hall–Kier alpha value is -0.240. The molecule has 0 heterocycles. The van der Waals surface area contributed by atoms with Crippen LogP contribution < -0.4 is 5.32 Å². The molecule has 1 aliphatic carbocycles. The van der Waals surface area contributed by atoms with Crippen molar-refractivity contribution >= 4 is 23.2 Å². The summed E-state index contributed by atoms with van der Waals surface area (Å²) < 4.78 is 0. The lowest BCUT2D eigenvalue weighted by atomic mass is 9.70. The van der Waals surface area contributed by atoms with Crippen LogP contribution in [0.15, 0.2) is 18.2 Å². The van der Waals surface area contributed by atoms with E-state index in [9.17, 15) is 0 Å². The Morgan fingerprint density at radius 3 is 2.56 bits per heavy atom. The molecule has 1 nitrogen and oxygen atoms in total. The van der Waals surface area contributed by atoms with Crippen LogP contribution in [0.2, 0.25) is 10.0 Å². The zero-order chi connectivity index (χ0) is 11.6. The standard InChI is InChI=1S/C13H17Cl2N/c1-13(5-2-6-13)9-16-8-10-3-4-11(14)12(15)7-10/h3-4,7,16H,2,5-6,8-9H2,1H3. The van der Waals surface area contributed by atoms with Gasteiger partial charge in [-0.15, -0.1) is 0 Å². The number of rotatable bonds is 4. The maximum absolute atomic E-state index is 5.96. The molecule has 3 heteroatoms. The summed E-state index contributed by atoms with van der Waals surface area (Å²) in [6.45, 7) is 4.30. The summed E-state index contributed by atoms with van der Waals surface area (Å²) in [6.07, 6.45) is 4.08. The predicted octanol–water partition coefficient (Wildman–Crippen LogP) is 4.27. The first kappa shape index (κ1) is 12.2. The summed E-state index contributed by atoms with van der Waals surface area (Å²) in [5.74, 6) is 0. The Morgan fingerprint density at radius 2 is 2.00 bits per heavy atom. The quantitative estimate of drug-likeness (QED) is 0.850. The summed E-state index contributed by atoms with van der Waals surface area (Å²) in [5.41, 5.74) is 1.72. The van der Waals surface area contributed by atoms with E-state index in [1.54, 1.807) is 0 Å². The van der Waals surface area contributed by atoms with Gasteiger partial charge >= 0.3 is 0 Å². The van der Waals surface area contributed by atoms with Crippen molar-refractivity contribution in [2.45, 2.75) is 32.7 Å². The molecule has 1 fully saturated rings. The van der Waals surface area contributed by atoms with Crippen LogP contribution >= 0.6 is 23.2 Å². The molecule has 0 aromatic heterocycles. The maximum Gasteiger partial charge on any atom is 0.0595 e. The third-order valence-corrected chi connectivity index (χ3v) is 4.16. The maximum atomic E-state index is 5.96. The van der Waals surface area contributed by atoms with E-state index >= 15 is 0 Å². The molecule has 1 saturated carbocycles. The van der Waals surface area contributed by atoms with Crippen molar-refractivity contribution in [2.75, 3.05) is 6.54 Å². The van der Waals surface area contributed by atoms with Gasteiger partial charge in [0.05, 0.1) is 10.0 Å². The number of hydrogen-bond donors (Lipinski definition) is 1. The van der Waals surface area contributed by atoms with Crippen LogP contribution in [0.25, 0.3) is 0 Å². The van der Waals surface area contributed by atoms with Crippen LogP contribution in [0.3, 0.4) is 0 Å². The smallest absolute Gasteiger partial charge is 0.0595 e. The second-order valence-corrected chi connectivity index (χ2v) is 5.83. The molecule has 1 aromatic carbocycles. The van der Waals surface area contributed by atoms with Gasteiger partial charge in [-0.25, -0.2) is 0 Å². The minimum absolute atomic E-state index is 0.524. The van der Waals surface area contributed by atoms with E-state index in [0.717, 1.165) is 13.1 Å². The Labute approximate surface area is 107 Å². The highest BCUT2D eigenvalue weighted by atomic mass is 35.5. The number of hydrogen-bond acceptors (Lipinski definition) is 1. The average molecular weight is 258 g/mol. The van der Waals surface area contributed by atoms with Gasteiger partial charge in [0.25, 0.3) is 0 Å². The normalized spacial score (nSPS) is 18.2. The summed E-state index contributed by atoms with van der Waals surface area (Å²) >= 11 is 11.8. The summed E-state index contributed by atoms with van der Waals surface area (Å²) in [5, 5.41) is 4.75. The van der Waals surface area contributed by atoms with Crippen LogP contribution in [0, 0.1) is 5.41 Å². The highest BCUT2D eigenvalue weighted by molar-refractivity contribution is 6.42. The van der Waals surface area contributed by atoms with Crippen molar-refractivity contribution in [3.63, 3.8) is 0 Å². The SMILES string of the molecule is CC1(CNCc2ccc(Cl)c(Cl)c2)CCC1. The number of halogens is 2. The highest BCUT2D eigenvalue weighted by Crippen LogP contribution is 2.39. The van der Waals surface area contributed by atoms with E-state index in [1.165, 1.54) is 24.8 Å². The van der Waals surface area contributed by atoms with Gasteiger partial charge in [0, 0.05) is 13.1 Å². The molecular formula is C13H17Cl2N. The third kappa shape index (κ3) is 2.91. The molecular weight excluding hydrogens is 241 g/mol. The van der Waals surface area contributed by atoms with Crippen LogP contribution in [-0.2, 0) is 6.54 Å². The average Bonchev–Trinajstić information content (AvgIpc) is 2.21. The van der Waals surface area contributed by atoms with Crippen molar-refractivity contribution < 1.29 is 0 Å². The summed E-state index contributed by atoms with van der Waals surface area (Å²) in [7, 11) is 0. The largest absolute Gasteiger partial charge is 0.312 e. The van der Waals surface area contributed by atoms with Crippen molar-refractivity contribution in [1.29, 1.82) is 0 Å². The Balaban J connectivity index is 1.83. The summed E-state index contributed by atoms with van der Waals surface area (Å²) in [6, 6.07) is 5.80. The Kier molecular flexibility index (Phi) is 3.78. The van der Waals surface area contributed by atoms with Gasteiger partial charge in [0.2, 0.25) is 0 Å². The zero-order valence-electron chi connectivity index (χ0n) is 9.52. The van der Waals surface area contributed by atoms with Gasteiger partial charge in [0.15, 0.2) is 0 Å². The number of nitrogens with one attached hydrogen (secondary N) is 1. The third-order valence-electron chi connectivity index (χ3n) is 3.43. The first-order valence-electron chi connectivity index (χ1n) is 5.74. The Morgan fingerprint density at radius 1 is 1.25 bits per heavy atom. The van der Waals surface area contributed by atoms with Crippen molar-refractivity contribution in [2.24, 2.45) is 5.41 Å². The van der Waals surface area contributed by atoms with E-state index in [1.807, 2.05) is 18.2 Å². The molecule has 1 aliphatic rings. The minimum atomic E-state index is 0.524. The summed E-state index contributed by atoms with van der Waals surface area (Å²) in [4.78, 5) is 0. The molecule has 0 unspecified atom stereocenters. The Bertz CT molecular complexity index is 372. The van der Waals surface area contributed by atoms with Gasteiger partial charge in [-0.05, 0) is 36.0 Å². The predicted molar refractivity (Wildman–Crippen MR) is 70.1 cm³/mol. The van der Waals surface area contributed by atoms with Crippen LogP contribution in [0.1, 0.15) is 31.7 Å². The van der Waals surface area contributed by atoms with E-state index in [0.29, 0.717) is 15.5 Å². The van der Waals surface area contributed by atoms with Crippen molar-refractivity contribution in [3.05, 3.63) is 33.8 Å². The lowest BCUT2D eigenvalue weighted by Gasteiger charge is -2.38. The molecule has 0 atom stereocenters. The fraction of sp³-hybridized carbons (Fsp3) is 0.538. The topological polar surface area (TPSA) is 12.0 Å². The van der Waals surface area contributed by atoms with E-state index in [-0.39, 0.29) is 0 Å². The van der Waals surface area contributed by atoms with E-state index in [2.05, 4.69) is 12.2 Å². The molecule has 0 amide bonds. The van der Waals surface area contributed by atoms with E-state index in [4.69, 9.17) is 23.2 Å². The second-order valence-electron chi connectivity index (χ2n) is 5.02. The minimum Gasteiger partial charge on any atom is -0.312 e. The van der Waals surface area contributed by atoms with E-state index < -0.39 is 0 Å². The highest BCUT2D eigenvalue weighted by Gasteiger charge is 2.30. The van der Waals surface area contributed by atoms with Crippen LogP contribution in [0.4, 0.5) is 0 Å². The van der Waals surface area contributed by atoms with Gasteiger partial charge in [0.1, 0.15) is 0 Å². The first-order chi connectivity index (χ1) is 7.59. The monoisotopic (exact) mass is 257 g/mol. The van der Waals surface area contributed by atoms with Crippen molar-refractivity contribution in [1.82, 2.24) is 5.32 Å². The van der Waals surface area contributed by atoms with Crippen LogP contribution in [0.5, 0.6) is 0 Å². The van der Waals surface area contributed by atoms with Gasteiger partial charge in [-0.3, -0.25) is 0 Å². The first-order valence-corrected chi connectivity index (χ1v) is 6.49. The lowest BCUT2D eigenvalue weighted by molar-refractivity contribution is 0.156. The molecule has 1 N–H and O–H groups in total. The zero-order valence-corrected chi connectivity index (χ0v) is 11.0. The molecule has 0 aliphatic heterocycles. The fourth-order valence-corrected chi connectivity index (χ4v) is 2.44. The molecule has 2 rings (SSSR count). The molecule has 16 heavy (non-hydrogen) atoms. The number of benzene rings is 1. The van der Waals surface area contributed by atoms with Gasteiger partial charge < -0.3 is 5.32 Å². The molecule has 0 saturated heterocycles. The van der Waals surface area contributed by atoms with Crippen molar-refractivity contribution in [3.8, 4) is 0 Å².